The Hall–Kier alpha value is -5.32. The Labute approximate surface area is 274 Å². The van der Waals surface area contributed by atoms with E-state index in [1.165, 1.54) is 0 Å². The molecule has 0 saturated heterocycles. The molecule has 220 valence electrons. The van der Waals surface area contributed by atoms with Gasteiger partial charge in [0.05, 0.1) is 6.26 Å². The second-order valence-electron chi connectivity index (χ2n) is 10.6. The predicted molar refractivity (Wildman–Crippen MR) is 174 cm³/mol. The maximum absolute atomic E-state index is 6.41. The number of furan rings is 1. The molecule has 0 radical (unpaired) electrons. The third kappa shape index (κ3) is 4.57. The van der Waals surface area contributed by atoms with Gasteiger partial charge in [-0.3, -0.25) is 0 Å². The van der Waals surface area contributed by atoms with Crippen molar-refractivity contribution in [1.82, 2.24) is 9.55 Å². The van der Waals surface area contributed by atoms with Crippen LogP contribution in [-0.2, 0) is 21.1 Å². The van der Waals surface area contributed by atoms with E-state index in [0.29, 0.717) is 11.5 Å². The number of aromatic nitrogens is 2. The van der Waals surface area contributed by atoms with E-state index in [2.05, 4.69) is 87.8 Å². The summed E-state index contributed by atoms with van der Waals surface area (Å²) in [6.45, 7) is 2.09. The van der Waals surface area contributed by atoms with Crippen LogP contribution in [0.4, 0.5) is 22.7 Å². The monoisotopic (exact) mass is 762 g/mol. The summed E-state index contributed by atoms with van der Waals surface area (Å²) in [7, 11) is 0. The van der Waals surface area contributed by atoms with Gasteiger partial charge in [-0.15, -0.1) is 48.1 Å². The van der Waals surface area contributed by atoms with Gasteiger partial charge in [-0.25, -0.2) is 4.98 Å². The van der Waals surface area contributed by atoms with Gasteiger partial charge in [-0.1, -0.05) is 54.0 Å². The number of rotatable bonds is 5. The van der Waals surface area contributed by atoms with E-state index in [-0.39, 0.29) is 21.1 Å². The number of pyridine rings is 1. The largest absolute Gasteiger partial charge is 0.509 e. The van der Waals surface area contributed by atoms with Gasteiger partial charge in [0.15, 0.2) is 0 Å². The van der Waals surface area contributed by atoms with Gasteiger partial charge in [0.2, 0.25) is 0 Å². The van der Waals surface area contributed by atoms with Crippen LogP contribution in [-0.4, -0.2) is 9.55 Å². The van der Waals surface area contributed by atoms with E-state index >= 15 is 0 Å². The smallest absolute Gasteiger partial charge is 0.139 e. The van der Waals surface area contributed by atoms with Crippen molar-refractivity contribution in [2.75, 3.05) is 9.80 Å². The standard InChI is InChI=1S/C38H23N4O2.Pt/c1-2-9-27(10-3-1)40-25-41(35-16-7-6-15-34(35)40)28-11-8-12-29(21-28)44-30-17-18-32-31-13-4-5-14-33(31)42(36(32)22-30)38-23-37-26(24-39-38)19-20-43-37;/h1-20,23-25H;/q-3;. The zero-order valence-electron chi connectivity index (χ0n) is 23.7. The molecule has 0 spiro atoms. The Morgan fingerprint density at radius 2 is 1.47 bits per heavy atom. The normalized spacial score (nSPS) is 12.5. The van der Waals surface area contributed by atoms with Crippen molar-refractivity contribution in [2.24, 2.45) is 0 Å². The molecule has 5 aromatic carbocycles. The number of para-hydroxylation sites is 4. The fourth-order valence-corrected chi connectivity index (χ4v) is 5.99. The van der Waals surface area contributed by atoms with Gasteiger partial charge in [-0.2, -0.15) is 12.1 Å². The van der Waals surface area contributed by atoms with E-state index < -0.39 is 0 Å². The molecule has 0 N–H and O–H groups in total. The van der Waals surface area contributed by atoms with E-state index in [1.807, 2.05) is 72.9 Å². The number of hydrogen-bond acceptors (Lipinski definition) is 5. The Kier molecular flexibility index (Phi) is 6.65. The molecule has 1 aliphatic heterocycles. The van der Waals surface area contributed by atoms with Crippen LogP contribution in [0.2, 0.25) is 0 Å². The number of ether oxygens (including phenoxy) is 1. The van der Waals surface area contributed by atoms with Crippen LogP contribution in [0, 0.1) is 18.8 Å². The van der Waals surface area contributed by atoms with Crippen LogP contribution in [0.1, 0.15) is 0 Å². The third-order valence-electron chi connectivity index (χ3n) is 8.01. The van der Waals surface area contributed by atoms with Crippen molar-refractivity contribution in [3.63, 3.8) is 0 Å². The molecule has 45 heavy (non-hydrogen) atoms. The van der Waals surface area contributed by atoms with Crippen molar-refractivity contribution in [1.29, 1.82) is 0 Å². The van der Waals surface area contributed by atoms with Crippen LogP contribution >= 0.6 is 0 Å². The molecule has 0 saturated carbocycles. The second kappa shape index (κ2) is 11.0. The fourth-order valence-electron chi connectivity index (χ4n) is 5.99. The molecule has 0 amide bonds. The van der Waals surface area contributed by atoms with E-state index in [4.69, 9.17) is 14.1 Å². The first-order chi connectivity index (χ1) is 21.8. The van der Waals surface area contributed by atoms with Gasteiger partial charge >= 0.3 is 0 Å². The molecule has 1 aliphatic rings. The first kappa shape index (κ1) is 27.2. The number of nitrogens with zero attached hydrogens (tertiary/aromatic N) is 4. The summed E-state index contributed by atoms with van der Waals surface area (Å²) < 4.78 is 14.2. The van der Waals surface area contributed by atoms with Crippen molar-refractivity contribution < 1.29 is 30.2 Å². The molecule has 0 aliphatic carbocycles. The van der Waals surface area contributed by atoms with Crippen LogP contribution in [0.3, 0.4) is 0 Å². The molecule has 0 bridgehead atoms. The number of benzene rings is 5. The maximum Gasteiger partial charge on any atom is 0.139 e. The number of hydrogen-bond donors (Lipinski definition) is 0. The molecule has 3 aromatic heterocycles. The van der Waals surface area contributed by atoms with Gasteiger partial charge in [-0.05, 0) is 41.8 Å². The predicted octanol–water partition coefficient (Wildman–Crippen LogP) is 9.72. The number of anilines is 4. The molecular weight excluding hydrogens is 740 g/mol. The quantitative estimate of drug-likeness (QED) is 0.164. The molecule has 8 aromatic rings. The summed E-state index contributed by atoms with van der Waals surface area (Å²) in [5.41, 5.74) is 6.83. The Bertz CT molecular complexity index is 2330. The maximum atomic E-state index is 6.41. The minimum Gasteiger partial charge on any atom is -0.509 e. The van der Waals surface area contributed by atoms with Crippen molar-refractivity contribution in [2.45, 2.75) is 0 Å². The Balaban J connectivity index is 0.00000300. The van der Waals surface area contributed by atoms with Crippen LogP contribution in [0.25, 0.3) is 38.6 Å². The van der Waals surface area contributed by atoms with Crippen molar-refractivity contribution in [3.8, 4) is 17.3 Å². The van der Waals surface area contributed by atoms with E-state index in [0.717, 1.165) is 61.3 Å². The average molecular weight is 763 g/mol. The number of fused-ring (bicyclic) bond motifs is 5. The summed E-state index contributed by atoms with van der Waals surface area (Å²) in [5.74, 6) is 1.94. The van der Waals surface area contributed by atoms with Gasteiger partial charge in [0.25, 0.3) is 0 Å². The van der Waals surface area contributed by atoms with Crippen molar-refractivity contribution in [3.05, 3.63) is 153 Å². The van der Waals surface area contributed by atoms with Crippen LogP contribution < -0.4 is 14.5 Å². The molecule has 6 nitrogen and oxygen atoms in total. The zero-order chi connectivity index (χ0) is 29.0. The van der Waals surface area contributed by atoms with Crippen LogP contribution in [0.5, 0.6) is 11.5 Å². The third-order valence-corrected chi connectivity index (χ3v) is 8.01. The topological polar surface area (TPSA) is 46.7 Å². The minimum atomic E-state index is 0. The molecule has 7 heteroatoms. The second-order valence-corrected chi connectivity index (χ2v) is 10.6. The van der Waals surface area contributed by atoms with E-state index in [9.17, 15) is 0 Å². The summed E-state index contributed by atoms with van der Waals surface area (Å²) >= 11 is 0. The fraction of sp³-hybridized carbons (Fsp3) is 0. The van der Waals surface area contributed by atoms with Gasteiger partial charge in [0, 0.05) is 72.8 Å². The molecule has 0 fully saturated rings. The van der Waals surface area contributed by atoms with E-state index in [1.54, 1.807) is 6.26 Å². The molecule has 9 rings (SSSR count). The zero-order valence-corrected chi connectivity index (χ0v) is 26.0. The summed E-state index contributed by atoms with van der Waals surface area (Å²) in [4.78, 5) is 9.08. The summed E-state index contributed by atoms with van der Waals surface area (Å²) in [5, 5.41) is 3.14. The van der Waals surface area contributed by atoms with Gasteiger partial charge < -0.3 is 23.5 Å². The molecule has 0 atom stereocenters. The average Bonchev–Trinajstić information content (AvgIpc) is 3.79. The SMILES string of the molecule is [Pt].[c-]1c(Oc2[c-]c3c(cc2)c2ccccc2n3-c2cc3occc3cn2)cccc1N1[CH-]N(c2ccccc2)c2ccccc21. The first-order valence-electron chi connectivity index (χ1n) is 14.4. The minimum absolute atomic E-state index is 0. The Morgan fingerprint density at radius 3 is 2.36 bits per heavy atom. The summed E-state index contributed by atoms with van der Waals surface area (Å²) in [6, 6.07) is 47.8. The summed E-state index contributed by atoms with van der Waals surface area (Å²) in [6.07, 6.45) is 3.52. The van der Waals surface area contributed by atoms with Crippen molar-refractivity contribution >= 4 is 55.5 Å². The molecule has 0 unspecified atom stereocenters. The molecular formula is C38H23N4O2Pt-3. The molecule has 4 heterocycles. The van der Waals surface area contributed by atoms with Gasteiger partial charge in [0.1, 0.15) is 11.4 Å². The first-order valence-corrected chi connectivity index (χ1v) is 14.4. The van der Waals surface area contributed by atoms with Crippen LogP contribution in [0.15, 0.2) is 138 Å². The Morgan fingerprint density at radius 1 is 0.689 bits per heavy atom.